The molecule has 2 rings (SSSR count). The summed E-state index contributed by atoms with van der Waals surface area (Å²) in [4.78, 5) is 0. The minimum Gasteiger partial charge on any atom is -0.383 e. The normalized spacial score (nSPS) is 20.3. The van der Waals surface area contributed by atoms with Crippen LogP contribution in [0.15, 0.2) is 18.2 Å². The van der Waals surface area contributed by atoms with Crippen molar-refractivity contribution in [1.29, 1.82) is 0 Å². The fourth-order valence-corrected chi connectivity index (χ4v) is 1.86. The lowest BCUT2D eigenvalue weighted by Gasteiger charge is -2.05. The third-order valence-corrected chi connectivity index (χ3v) is 2.61. The number of halogens is 1. The molecule has 0 fully saturated rings. The molecule has 1 aromatic rings. The summed E-state index contributed by atoms with van der Waals surface area (Å²) in [6, 6.07) is 5.95. The number of nitrogens with one attached hydrogen (secondary N) is 1. The summed E-state index contributed by atoms with van der Waals surface area (Å²) < 4.78 is 0. The monoisotopic (exact) mass is 182 g/mol. The van der Waals surface area contributed by atoms with Crippen LogP contribution in [0.25, 0.3) is 0 Å². The quantitative estimate of drug-likeness (QED) is 0.695. The highest BCUT2D eigenvalue weighted by Gasteiger charge is 2.21. The zero-order valence-corrected chi connectivity index (χ0v) is 7.43. The molecule has 0 spiro atoms. The van der Waals surface area contributed by atoms with Gasteiger partial charge in [0.1, 0.15) is 0 Å². The first-order chi connectivity index (χ1) is 5.83. The fraction of sp³-hybridized carbons (Fsp3) is 0.333. The molecule has 0 saturated heterocycles. The van der Waals surface area contributed by atoms with Crippen molar-refractivity contribution in [3.8, 4) is 0 Å². The third kappa shape index (κ3) is 1.08. The van der Waals surface area contributed by atoms with Gasteiger partial charge in [-0.1, -0.05) is 23.7 Å². The molecule has 3 N–H and O–H groups in total. The molecule has 1 aromatic carbocycles. The van der Waals surface area contributed by atoms with Crippen LogP contribution in [0, 0.1) is 0 Å². The van der Waals surface area contributed by atoms with Crippen LogP contribution in [-0.4, -0.2) is 13.1 Å². The highest BCUT2D eigenvalue weighted by molar-refractivity contribution is 6.33. The molecule has 0 radical (unpaired) electrons. The van der Waals surface area contributed by atoms with E-state index < -0.39 is 0 Å². The van der Waals surface area contributed by atoms with Crippen LogP contribution in [-0.2, 0) is 0 Å². The minimum absolute atomic E-state index is 0.429. The molecule has 1 atom stereocenters. The van der Waals surface area contributed by atoms with Crippen LogP contribution in [0.1, 0.15) is 11.5 Å². The summed E-state index contributed by atoms with van der Waals surface area (Å²) in [7, 11) is 0. The van der Waals surface area contributed by atoms with Gasteiger partial charge in [0.2, 0.25) is 0 Å². The predicted octanol–water partition coefficient (Wildman–Crippen LogP) is 1.81. The van der Waals surface area contributed by atoms with Crippen molar-refractivity contribution in [2.75, 3.05) is 18.4 Å². The third-order valence-electron chi connectivity index (χ3n) is 2.30. The average Bonchev–Trinajstić information content (AvgIpc) is 2.49. The van der Waals surface area contributed by atoms with Crippen LogP contribution in [0.5, 0.6) is 0 Å². The Hall–Kier alpha value is -0.730. The molecule has 1 aliphatic rings. The Morgan fingerprint density at radius 3 is 3.17 bits per heavy atom. The number of anilines is 1. The standard InChI is InChI=1S/C9H11ClN2/c10-8-3-1-2-7-6(4-11)5-12-9(7)8/h1-3,6,12H,4-5,11H2. The number of para-hydroxylation sites is 1. The molecule has 1 unspecified atom stereocenters. The van der Waals surface area contributed by atoms with E-state index >= 15 is 0 Å². The summed E-state index contributed by atoms with van der Waals surface area (Å²) in [5.74, 6) is 0.429. The molecule has 3 heteroatoms. The molecular weight excluding hydrogens is 172 g/mol. The van der Waals surface area contributed by atoms with Crippen molar-refractivity contribution < 1.29 is 0 Å². The van der Waals surface area contributed by atoms with Crippen molar-refractivity contribution in [1.82, 2.24) is 0 Å². The van der Waals surface area contributed by atoms with E-state index in [1.807, 2.05) is 12.1 Å². The van der Waals surface area contributed by atoms with Gasteiger partial charge in [-0.05, 0) is 11.6 Å². The van der Waals surface area contributed by atoms with Gasteiger partial charge >= 0.3 is 0 Å². The second-order valence-corrected chi connectivity index (χ2v) is 3.42. The molecule has 0 bridgehead atoms. The summed E-state index contributed by atoms with van der Waals surface area (Å²) in [6.07, 6.45) is 0. The van der Waals surface area contributed by atoms with E-state index in [0.717, 1.165) is 17.3 Å². The van der Waals surface area contributed by atoms with Gasteiger partial charge in [-0.15, -0.1) is 0 Å². The number of hydrogen-bond donors (Lipinski definition) is 2. The van der Waals surface area contributed by atoms with Crippen molar-refractivity contribution in [2.24, 2.45) is 5.73 Å². The van der Waals surface area contributed by atoms with E-state index in [-0.39, 0.29) is 0 Å². The molecule has 12 heavy (non-hydrogen) atoms. The summed E-state index contributed by atoms with van der Waals surface area (Å²) in [5.41, 5.74) is 7.93. The number of nitrogens with two attached hydrogens (primary N) is 1. The van der Waals surface area contributed by atoms with Crippen LogP contribution in [0.2, 0.25) is 5.02 Å². The second kappa shape index (κ2) is 2.96. The van der Waals surface area contributed by atoms with E-state index in [1.165, 1.54) is 5.56 Å². The zero-order valence-electron chi connectivity index (χ0n) is 6.68. The second-order valence-electron chi connectivity index (χ2n) is 3.02. The Kier molecular flexibility index (Phi) is 1.95. The fourth-order valence-electron chi connectivity index (χ4n) is 1.61. The average molecular weight is 183 g/mol. The molecule has 0 aromatic heterocycles. The van der Waals surface area contributed by atoms with E-state index in [1.54, 1.807) is 0 Å². The lowest BCUT2D eigenvalue weighted by Crippen LogP contribution is -2.13. The summed E-state index contributed by atoms with van der Waals surface area (Å²) >= 11 is 5.99. The van der Waals surface area contributed by atoms with Gasteiger partial charge in [0.25, 0.3) is 0 Å². The van der Waals surface area contributed by atoms with Gasteiger partial charge in [-0.3, -0.25) is 0 Å². The lowest BCUT2D eigenvalue weighted by atomic mass is 10.0. The molecule has 2 nitrogen and oxygen atoms in total. The zero-order chi connectivity index (χ0) is 8.55. The number of fused-ring (bicyclic) bond motifs is 1. The summed E-state index contributed by atoms with van der Waals surface area (Å²) in [5, 5.41) is 4.05. The Balaban J connectivity index is 2.46. The van der Waals surface area contributed by atoms with Crippen LogP contribution in [0.4, 0.5) is 5.69 Å². The van der Waals surface area contributed by atoms with Crippen LogP contribution in [0.3, 0.4) is 0 Å². The molecule has 0 aliphatic carbocycles. The topological polar surface area (TPSA) is 38.0 Å². The Morgan fingerprint density at radius 2 is 2.42 bits per heavy atom. The Bertz CT molecular complexity index is 299. The maximum atomic E-state index is 5.99. The first kappa shape index (κ1) is 7.90. The minimum atomic E-state index is 0.429. The van der Waals surface area contributed by atoms with Crippen LogP contribution < -0.4 is 11.1 Å². The van der Waals surface area contributed by atoms with Gasteiger partial charge in [-0.2, -0.15) is 0 Å². The molecule has 1 aliphatic heterocycles. The van der Waals surface area contributed by atoms with E-state index in [0.29, 0.717) is 12.5 Å². The van der Waals surface area contributed by atoms with Gasteiger partial charge in [0.15, 0.2) is 0 Å². The van der Waals surface area contributed by atoms with E-state index in [4.69, 9.17) is 17.3 Å². The maximum Gasteiger partial charge on any atom is 0.0640 e. The number of benzene rings is 1. The van der Waals surface area contributed by atoms with Crippen molar-refractivity contribution in [2.45, 2.75) is 5.92 Å². The smallest absolute Gasteiger partial charge is 0.0640 e. The Labute approximate surface area is 76.7 Å². The highest BCUT2D eigenvalue weighted by Crippen LogP contribution is 2.35. The van der Waals surface area contributed by atoms with Gasteiger partial charge in [0.05, 0.1) is 10.7 Å². The number of hydrogen-bond acceptors (Lipinski definition) is 2. The predicted molar refractivity (Wildman–Crippen MR) is 51.7 cm³/mol. The molecule has 0 saturated carbocycles. The van der Waals surface area contributed by atoms with E-state index in [9.17, 15) is 0 Å². The SMILES string of the molecule is NCC1CNc2c(Cl)cccc21. The van der Waals surface area contributed by atoms with Crippen molar-refractivity contribution >= 4 is 17.3 Å². The number of rotatable bonds is 1. The van der Waals surface area contributed by atoms with Gasteiger partial charge in [-0.25, -0.2) is 0 Å². The van der Waals surface area contributed by atoms with Crippen LogP contribution >= 0.6 is 11.6 Å². The maximum absolute atomic E-state index is 5.99. The highest BCUT2D eigenvalue weighted by atomic mass is 35.5. The van der Waals surface area contributed by atoms with E-state index in [2.05, 4.69) is 11.4 Å². The van der Waals surface area contributed by atoms with Crippen molar-refractivity contribution in [3.05, 3.63) is 28.8 Å². The molecule has 64 valence electrons. The first-order valence-electron chi connectivity index (χ1n) is 4.05. The van der Waals surface area contributed by atoms with Gasteiger partial charge < -0.3 is 11.1 Å². The molecular formula is C9H11ClN2. The Morgan fingerprint density at radius 1 is 1.58 bits per heavy atom. The lowest BCUT2D eigenvalue weighted by molar-refractivity contribution is 0.767. The molecule has 1 heterocycles. The molecule has 0 amide bonds. The van der Waals surface area contributed by atoms with Gasteiger partial charge in [0, 0.05) is 19.0 Å². The summed E-state index contributed by atoms with van der Waals surface area (Å²) in [6.45, 7) is 1.59. The van der Waals surface area contributed by atoms with Crippen molar-refractivity contribution in [3.63, 3.8) is 0 Å². The largest absolute Gasteiger partial charge is 0.383 e. The first-order valence-corrected chi connectivity index (χ1v) is 4.43.